The molecule has 0 amide bonds. The zero-order valence-electron chi connectivity index (χ0n) is 11.3. The summed E-state index contributed by atoms with van der Waals surface area (Å²) in [4.78, 5) is 12.0. The lowest BCUT2D eigenvalue weighted by molar-refractivity contribution is -0.146. The van der Waals surface area contributed by atoms with E-state index in [9.17, 15) is 4.79 Å². The highest BCUT2D eigenvalue weighted by Crippen LogP contribution is 2.25. The Labute approximate surface area is 118 Å². The van der Waals surface area contributed by atoms with Crippen molar-refractivity contribution >= 4 is 17.7 Å². The Bertz CT molecular complexity index is 399. The maximum atomic E-state index is 12.0. The molecule has 3 N–H and O–H groups in total. The predicted octanol–water partition coefficient (Wildman–Crippen LogP) is 1.38. The van der Waals surface area contributed by atoms with Gasteiger partial charge in [0.2, 0.25) is 0 Å². The van der Waals surface area contributed by atoms with E-state index in [1.807, 2.05) is 37.3 Å². The first-order chi connectivity index (χ1) is 9.04. The molecule has 0 heterocycles. The molecule has 2 atom stereocenters. The molecule has 0 aromatic heterocycles. The topological polar surface area (TPSA) is 72.5 Å². The largest absolute Gasteiger partial charge is 0.467 e. The number of aliphatic hydroxyl groups is 1. The number of carbonyl (C=O) groups is 1. The van der Waals surface area contributed by atoms with Crippen LogP contribution in [0.5, 0.6) is 0 Å². The minimum atomic E-state index is -1.14. The number of nitrogens with two attached hydrogens (primary N) is 1. The number of ether oxygens (including phenoxy) is 1. The average Bonchev–Trinajstić information content (AvgIpc) is 2.46. The van der Waals surface area contributed by atoms with E-state index >= 15 is 0 Å². The molecule has 19 heavy (non-hydrogen) atoms. The van der Waals surface area contributed by atoms with Gasteiger partial charge >= 0.3 is 5.97 Å². The van der Waals surface area contributed by atoms with E-state index in [0.29, 0.717) is 5.75 Å². The minimum absolute atomic E-state index is 0.133. The zero-order chi connectivity index (χ0) is 14.3. The number of hydrogen-bond acceptors (Lipinski definition) is 5. The fraction of sp³-hybridized carbons (Fsp3) is 0.500. The summed E-state index contributed by atoms with van der Waals surface area (Å²) < 4.78 is 4.83. The number of methoxy groups -OCH3 is 1. The van der Waals surface area contributed by atoms with Crippen molar-refractivity contribution in [1.29, 1.82) is 0 Å². The molecule has 0 bridgehead atoms. The second-order valence-electron chi connectivity index (χ2n) is 4.63. The van der Waals surface area contributed by atoms with Crippen LogP contribution < -0.4 is 5.73 Å². The van der Waals surface area contributed by atoms with Gasteiger partial charge in [-0.1, -0.05) is 37.3 Å². The maximum Gasteiger partial charge on any atom is 0.331 e. The highest BCUT2D eigenvalue weighted by atomic mass is 32.2. The van der Waals surface area contributed by atoms with Gasteiger partial charge in [-0.25, -0.2) is 4.79 Å². The fourth-order valence-corrected chi connectivity index (χ4v) is 2.88. The SMILES string of the molecule is COC(=O)C(N)(CSCC(C)CO)c1ccccc1. The van der Waals surface area contributed by atoms with E-state index in [1.54, 1.807) is 11.8 Å². The Kier molecular flexibility index (Phi) is 6.34. The first-order valence-electron chi connectivity index (χ1n) is 6.16. The second-order valence-corrected chi connectivity index (χ2v) is 5.66. The van der Waals surface area contributed by atoms with Crippen LogP contribution in [0.1, 0.15) is 12.5 Å². The van der Waals surface area contributed by atoms with Crippen molar-refractivity contribution in [2.24, 2.45) is 11.7 Å². The third-order valence-electron chi connectivity index (χ3n) is 2.88. The first-order valence-corrected chi connectivity index (χ1v) is 7.31. The lowest BCUT2D eigenvalue weighted by Gasteiger charge is -2.27. The average molecular weight is 283 g/mol. The Morgan fingerprint density at radius 1 is 1.47 bits per heavy atom. The molecule has 106 valence electrons. The van der Waals surface area contributed by atoms with Crippen LogP contribution in [0.2, 0.25) is 0 Å². The molecule has 0 saturated carbocycles. The highest BCUT2D eigenvalue weighted by Gasteiger charge is 2.37. The number of benzene rings is 1. The van der Waals surface area contributed by atoms with Crippen molar-refractivity contribution in [3.63, 3.8) is 0 Å². The van der Waals surface area contributed by atoms with Gasteiger partial charge in [-0.3, -0.25) is 0 Å². The van der Waals surface area contributed by atoms with Crippen LogP contribution >= 0.6 is 11.8 Å². The summed E-state index contributed by atoms with van der Waals surface area (Å²) in [5.41, 5.74) is 5.84. The van der Waals surface area contributed by atoms with E-state index in [1.165, 1.54) is 7.11 Å². The monoisotopic (exact) mass is 283 g/mol. The van der Waals surface area contributed by atoms with Gasteiger partial charge in [0.25, 0.3) is 0 Å². The Morgan fingerprint density at radius 3 is 2.63 bits per heavy atom. The number of esters is 1. The molecular formula is C14H21NO3S. The molecule has 0 spiro atoms. The lowest BCUT2D eigenvalue weighted by Crippen LogP contribution is -2.48. The van der Waals surface area contributed by atoms with Gasteiger partial charge in [0.05, 0.1) is 7.11 Å². The van der Waals surface area contributed by atoms with Crippen molar-refractivity contribution in [2.75, 3.05) is 25.2 Å². The summed E-state index contributed by atoms with van der Waals surface area (Å²) in [5.74, 6) is 0.915. The van der Waals surface area contributed by atoms with Crippen molar-refractivity contribution < 1.29 is 14.6 Å². The molecule has 1 aromatic carbocycles. The molecule has 0 fully saturated rings. The van der Waals surface area contributed by atoms with Crippen LogP contribution in [0.4, 0.5) is 0 Å². The number of hydrogen-bond donors (Lipinski definition) is 2. The Balaban J connectivity index is 2.80. The van der Waals surface area contributed by atoms with Gasteiger partial charge in [-0.2, -0.15) is 11.8 Å². The Morgan fingerprint density at radius 2 is 2.11 bits per heavy atom. The van der Waals surface area contributed by atoms with E-state index in [-0.39, 0.29) is 12.5 Å². The fourth-order valence-electron chi connectivity index (χ4n) is 1.65. The molecule has 4 nitrogen and oxygen atoms in total. The molecule has 0 aliphatic heterocycles. The molecule has 0 aliphatic rings. The van der Waals surface area contributed by atoms with Crippen LogP contribution in [0.3, 0.4) is 0 Å². The quantitative estimate of drug-likeness (QED) is 0.740. The molecule has 0 radical (unpaired) electrons. The van der Waals surface area contributed by atoms with Gasteiger partial charge in [-0.05, 0) is 17.2 Å². The van der Waals surface area contributed by atoms with E-state index in [0.717, 1.165) is 11.3 Å². The van der Waals surface area contributed by atoms with Gasteiger partial charge in [0.1, 0.15) is 5.54 Å². The summed E-state index contributed by atoms with van der Waals surface area (Å²) in [6, 6.07) is 9.23. The molecule has 0 saturated heterocycles. The Hall–Kier alpha value is -1.04. The van der Waals surface area contributed by atoms with Crippen LogP contribution in [0, 0.1) is 5.92 Å². The summed E-state index contributed by atoms with van der Waals surface area (Å²) in [6.45, 7) is 2.08. The summed E-state index contributed by atoms with van der Waals surface area (Å²) in [5, 5.41) is 9.00. The molecule has 1 rings (SSSR count). The molecular weight excluding hydrogens is 262 g/mol. The molecule has 2 unspecified atom stereocenters. The molecule has 0 aliphatic carbocycles. The van der Waals surface area contributed by atoms with Gasteiger partial charge < -0.3 is 15.6 Å². The van der Waals surface area contributed by atoms with Crippen LogP contribution in [-0.4, -0.2) is 36.3 Å². The van der Waals surface area contributed by atoms with E-state index < -0.39 is 11.5 Å². The van der Waals surface area contributed by atoms with Crippen molar-refractivity contribution in [1.82, 2.24) is 0 Å². The summed E-state index contributed by atoms with van der Waals surface area (Å²) in [6.07, 6.45) is 0. The predicted molar refractivity (Wildman–Crippen MR) is 77.9 cm³/mol. The lowest BCUT2D eigenvalue weighted by atomic mass is 9.93. The maximum absolute atomic E-state index is 12.0. The van der Waals surface area contributed by atoms with Gasteiger partial charge in [0, 0.05) is 12.4 Å². The third-order valence-corrected chi connectivity index (χ3v) is 4.35. The zero-order valence-corrected chi connectivity index (χ0v) is 12.2. The van der Waals surface area contributed by atoms with Crippen molar-refractivity contribution in [3.8, 4) is 0 Å². The normalized spacial score (nSPS) is 15.6. The molecule has 5 heteroatoms. The second kappa shape index (κ2) is 7.53. The smallest absolute Gasteiger partial charge is 0.331 e. The molecule has 1 aromatic rings. The number of carbonyl (C=O) groups excluding carboxylic acids is 1. The third kappa shape index (κ3) is 4.23. The summed E-state index contributed by atoms with van der Waals surface area (Å²) in [7, 11) is 1.34. The van der Waals surface area contributed by atoms with Gasteiger partial charge in [-0.15, -0.1) is 0 Å². The highest BCUT2D eigenvalue weighted by molar-refractivity contribution is 7.99. The van der Waals surface area contributed by atoms with Crippen LogP contribution in [0.15, 0.2) is 30.3 Å². The summed E-state index contributed by atoms with van der Waals surface area (Å²) >= 11 is 1.55. The van der Waals surface area contributed by atoms with E-state index in [4.69, 9.17) is 15.6 Å². The number of rotatable bonds is 7. The van der Waals surface area contributed by atoms with Crippen molar-refractivity contribution in [2.45, 2.75) is 12.5 Å². The van der Waals surface area contributed by atoms with Crippen LogP contribution in [0.25, 0.3) is 0 Å². The minimum Gasteiger partial charge on any atom is -0.467 e. The van der Waals surface area contributed by atoms with E-state index in [2.05, 4.69) is 0 Å². The van der Waals surface area contributed by atoms with Crippen molar-refractivity contribution in [3.05, 3.63) is 35.9 Å². The number of aliphatic hydroxyl groups excluding tert-OH is 1. The van der Waals surface area contributed by atoms with Crippen LogP contribution in [-0.2, 0) is 15.1 Å². The number of thioether (sulfide) groups is 1. The first kappa shape index (κ1) is 16.0. The van der Waals surface area contributed by atoms with Gasteiger partial charge in [0.15, 0.2) is 0 Å². The standard InChI is InChI=1S/C14H21NO3S/c1-11(8-16)9-19-10-14(15,13(17)18-2)12-6-4-3-5-7-12/h3-7,11,16H,8-10,15H2,1-2H3.